The van der Waals surface area contributed by atoms with Crippen LogP contribution in [0.5, 0.6) is 0 Å². The van der Waals surface area contributed by atoms with Crippen molar-refractivity contribution in [3.05, 3.63) is 12.2 Å². The van der Waals surface area contributed by atoms with E-state index in [2.05, 4.69) is 6.58 Å². The summed E-state index contributed by atoms with van der Waals surface area (Å²) in [6, 6.07) is -0.210. The van der Waals surface area contributed by atoms with Crippen LogP contribution in [0.3, 0.4) is 0 Å². The molecule has 248 valence electrons. The summed E-state index contributed by atoms with van der Waals surface area (Å²) in [5.41, 5.74) is -1.25. The van der Waals surface area contributed by atoms with Gasteiger partial charge >= 0.3 is 5.97 Å². The normalized spacial score (nSPS) is 47.3. The van der Waals surface area contributed by atoms with E-state index in [1.807, 2.05) is 60.5 Å². The largest absolute Gasteiger partial charge is 0.459 e. The van der Waals surface area contributed by atoms with Gasteiger partial charge < -0.3 is 38.8 Å². The lowest BCUT2D eigenvalue weighted by atomic mass is 9.69. The molecular formula is C33H57NO9. The van der Waals surface area contributed by atoms with Gasteiger partial charge in [0, 0.05) is 36.8 Å². The van der Waals surface area contributed by atoms with Gasteiger partial charge in [-0.25, -0.2) is 0 Å². The smallest absolute Gasteiger partial charge is 0.311 e. The Balaban J connectivity index is 2.09. The van der Waals surface area contributed by atoms with Gasteiger partial charge in [-0.2, -0.15) is 0 Å². The van der Waals surface area contributed by atoms with Crippen molar-refractivity contribution >= 4 is 11.8 Å². The van der Waals surface area contributed by atoms with Crippen molar-refractivity contribution in [1.82, 2.24) is 4.90 Å². The molecule has 0 saturated carbocycles. The van der Waals surface area contributed by atoms with Crippen molar-refractivity contribution in [1.29, 1.82) is 0 Å². The number of aliphatic hydroxyl groups is 2. The van der Waals surface area contributed by atoms with Gasteiger partial charge in [-0.3, -0.25) is 9.59 Å². The van der Waals surface area contributed by atoms with E-state index < -0.39 is 71.5 Å². The summed E-state index contributed by atoms with van der Waals surface area (Å²) in [6.07, 6.45) is -3.50. The van der Waals surface area contributed by atoms with Crippen LogP contribution in [0, 0.1) is 29.6 Å². The summed E-state index contributed by atoms with van der Waals surface area (Å²) in [6.45, 7) is 19.3. The van der Waals surface area contributed by atoms with Gasteiger partial charge in [0.2, 0.25) is 0 Å². The van der Waals surface area contributed by atoms with Crippen LogP contribution in [0.15, 0.2) is 12.2 Å². The minimum Gasteiger partial charge on any atom is -0.459 e. The number of ether oxygens (including phenoxy) is 5. The lowest BCUT2D eigenvalue weighted by Gasteiger charge is -2.48. The van der Waals surface area contributed by atoms with E-state index in [0.717, 1.165) is 5.57 Å². The molecule has 3 aliphatic heterocycles. The third-order valence-electron chi connectivity index (χ3n) is 10.6. The van der Waals surface area contributed by atoms with E-state index >= 15 is 0 Å². The second-order valence-electron chi connectivity index (χ2n) is 14.0. The number of ketones is 1. The number of esters is 1. The highest BCUT2D eigenvalue weighted by Gasteiger charge is 2.55. The third kappa shape index (κ3) is 7.05. The Morgan fingerprint density at radius 3 is 2.23 bits per heavy atom. The Hall–Kier alpha value is -1.40. The minimum absolute atomic E-state index is 0.0138. The summed E-state index contributed by atoms with van der Waals surface area (Å²) in [7, 11) is 5.35. The highest BCUT2D eigenvalue weighted by atomic mass is 16.7. The first-order valence-electron chi connectivity index (χ1n) is 15.9. The Labute approximate surface area is 258 Å². The summed E-state index contributed by atoms with van der Waals surface area (Å²) in [4.78, 5) is 29.6. The van der Waals surface area contributed by atoms with E-state index in [4.69, 9.17) is 23.7 Å². The average Bonchev–Trinajstić information content (AvgIpc) is 3.27. The maximum atomic E-state index is 14.1. The highest BCUT2D eigenvalue weighted by Crippen LogP contribution is 2.46. The SMILES string of the molecule is C=C1CO[C@]2(C)[C@@H](CC)OC(=O)C(C)C(O)[C@H](C)[C@@H](O[C@@H]3O[C@H](C)C[C@H](N(C)C)[C@H]3O)[C@](C)(OC)CC(C)C(=O)C(C)[C@H]12. The molecule has 2 N–H and O–H groups in total. The number of cyclic esters (lactones) is 1. The third-order valence-corrected chi connectivity index (χ3v) is 10.6. The average molecular weight is 612 g/mol. The molecule has 0 bridgehead atoms. The number of methoxy groups -OCH3 is 1. The van der Waals surface area contributed by atoms with Crippen molar-refractivity contribution in [3.8, 4) is 0 Å². The predicted molar refractivity (Wildman–Crippen MR) is 162 cm³/mol. The van der Waals surface area contributed by atoms with Crippen LogP contribution >= 0.6 is 0 Å². The van der Waals surface area contributed by atoms with Crippen molar-refractivity contribution in [2.75, 3.05) is 27.8 Å². The van der Waals surface area contributed by atoms with Crippen molar-refractivity contribution < 1.29 is 43.5 Å². The Bertz CT molecular complexity index is 1000. The molecule has 0 radical (unpaired) electrons. The molecule has 0 aliphatic carbocycles. The number of carbonyl (C=O) groups excluding carboxylic acids is 2. The van der Waals surface area contributed by atoms with Crippen LogP contribution < -0.4 is 0 Å². The number of rotatable bonds is 5. The van der Waals surface area contributed by atoms with E-state index in [-0.39, 0.29) is 36.9 Å². The first-order chi connectivity index (χ1) is 19.9. The number of hydrogen-bond donors (Lipinski definition) is 2. The molecule has 3 saturated heterocycles. The molecule has 0 aromatic rings. The van der Waals surface area contributed by atoms with Gasteiger partial charge in [0.25, 0.3) is 0 Å². The highest BCUT2D eigenvalue weighted by molar-refractivity contribution is 5.84. The van der Waals surface area contributed by atoms with Gasteiger partial charge in [-0.05, 0) is 66.6 Å². The van der Waals surface area contributed by atoms with Gasteiger partial charge in [-0.1, -0.05) is 34.3 Å². The zero-order valence-electron chi connectivity index (χ0n) is 28.2. The number of carbonyl (C=O) groups is 2. The molecule has 3 aliphatic rings. The Morgan fingerprint density at radius 1 is 1.05 bits per heavy atom. The molecule has 43 heavy (non-hydrogen) atoms. The van der Waals surface area contributed by atoms with Crippen LogP contribution in [0.2, 0.25) is 0 Å². The van der Waals surface area contributed by atoms with E-state index in [0.29, 0.717) is 12.8 Å². The fourth-order valence-electron chi connectivity index (χ4n) is 7.86. The summed E-state index contributed by atoms with van der Waals surface area (Å²) in [5, 5.41) is 23.0. The molecule has 0 spiro atoms. The number of nitrogens with zero attached hydrogens (tertiary/aromatic N) is 1. The first kappa shape index (κ1) is 36.1. The first-order valence-corrected chi connectivity index (χ1v) is 15.9. The molecule has 0 amide bonds. The topological polar surface area (TPSA) is 124 Å². The van der Waals surface area contributed by atoms with E-state index in [9.17, 15) is 19.8 Å². The van der Waals surface area contributed by atoms with Gasteiger partial charge in [0.15, 0.2) is 6.29 Å². The zero-order valence-corrected chi connectivity index (χ0v) is 28.2. The summed E-state index contributed by atoms with van der Waals surface area (Å²) < 4.78 is 31.1. The van der Waals surface area contributed by atoms with Crippen molar-refractivity contribution in [2.45, 2.75) is 129 Å². The lowest BCUT2D eigenvalue weighted by Crippen LogP contribution is -2.60. The second-order valence-corrected chi connectivity index (χ2v) is 14.0. The maximum Gasteiger partial charge on any atom is 0.311 e. The summed E-state index contributed by atoms with van der Waals surface area (Å²) >= 11 is 0. The van der Waals surface area contributed by atoms with Crippen LogP contribution in [0.4, 0.5) is 0 Å². The molecule has 4 unspecified atom stereocenters. The van der Waals surface area contributed by atoms with Crippen molar-refractivity contribution in [3.63, 3.8) is 0 Å². The molecule has 0 aromatic heterocycles. The van der Waals surface area contributed by atoms with Crippen LogP contribution in [0.25, 0.3) is 0 Å². The number of hydrogen-bond acceptors (Lipinski definition) is 10. The number of aliphatic hydroxyl groups excluding tert-OH is 2. The number of Topliss-reactive ketones (excluding diaryl/α,β-unsaturated/α-hetero) is 1. The Morgan fingerprint density at radius 2 is 1.67 bits per heavy atom. The standard InChI is InChI=1S/C33H57NO9/c1-13-24-33(9)25(18(3)16-40-33)20(5)26(35)17(2)15-32(8,39-12)29(21(6)27(36)22(7)30(38)42-24)43-31-28(37)23(34(10)11)14-19(4)41-31/h17,19-25,27-29,31,36-37H,3,13-16H2,1-2,4-12H3/t17?,19-,20?,21+,22?,23+,24-,25+,27?,28-,29-,31+,32-,33-/m1/s1. The maximum absolute atomic E-state index is 14.1. The van der Waals surface area contributed by atoms with Crippen LogP contribution in [-0.2, 0) is 33.3 Å². The number of fused-ring (bicyclic) bond motifs is 1. The second kappa shape index (κ2) is 13.9. The molecule has 0 aromatic carbocycles. The van der Waals surface area contributed by atoms with E-state index in [1.165, 1.54) is 0 Å². The van der Waals surface area contributed by atoms with Crippen LogP contribution in [0.1, 0.15) is 74.7 Å². The molecule has 3 rings (SSSR count). The zero-order chi connectivity index (χ0) is 32.6. The molecule has 3 fully saturated rings. The summed E-state index contributed by atoms with van der Waals surface area (Å²) in [5.74, 6) is -3.42. The monoisotopic (exact) mass is 611 g/mol. The minimum atomic E-state index is -1.19. The van der Waals surface area contributed by atoms with Crippen LogP contribution in [-0.4, -0.2) is 109 Å². The Kier molecular flexibility index (Phi) is 11.7. The molecule has 14 atom stereocenters. The predicted octanol–water partition coefficient (Wildman–Crippen LogP) is 3.36. The number of likely N-dealkylation sites (N-methyl/N-ethyl adjacent to an activating group) is 1. The van der Waals surface area contributed by atoms with Crippen molar-refractivity contribution in [2.24, 2.45) is 29.6 Å². The van der Waals surface area contributed by atoms with Gasteiger partial charge in [0.1, 0.15) is 23.6 Å². The quantitative estimate of drug-likeness (QED) is 0.353. The molecule has 10 heteroatoms. The van der Waals surface area contributed by atoms with Gasteiger partial charge in [0.05, 0.1) is 36.4 Å². The lowest BCUT2D eigenvalue weighted by molar-refractivity contribution is -0.301. The fraction of sp³-hybridized carbons (Fsp3) is 0.879. The molecule has 10 nitrogen and oxygen atoms in total. The van der Waals surface area contributed by atoms with E-state index in [1.54, 1.807) is 21.0 Å². The van der Waals surface area contributed by atoms with Gasteiger partial charge in [-0.15, -0.1) is 0 Å². The molecular weight excluding hydrogens is 554 g/mol. The fourth-order valence-corrected chi connectivity index (χ4v) is 7.86. The molecule has 3 heterocycles.